The van der Waals surface area contributed by atoms with E-state index in [0.29, 0.717) is 12.4 Å². The molecule has 5 nitrogen and oxygen atoms in total. The van der Waals surface area contributed by atoms with Crippen molar-refractivity contribution < 1.29 is 9.53 Å². The molecule has 4 rings (SSSR count). The van der Waals surface area contributed by atoms with E-state index < -0.39 is 0 Å². The number of ketones is 1. The van der Waals surface area contributed by atoms with Gasteiger partial charge >= 0.3 is 0 Å². The summed E-state index contributed by atoms with van der Waals surface area (Å²) >= 11 is 3.34. The Hall–Kier alpha value is -1.70. The zero-order valence-electron chi connectivity index (χ0n) is 17.4. The third-order valence-electron chi connectivity index (χ3n) is 5.69. The molecular weight excluding hydrogens is 402 g/mol. The fourth-order valence-electron chi connectivity index (χ4n) is 4.44. The molecule has 0 aromatic carbocycles. The van der Waals surface area contributed by atoms with Gasteiger partial charge in [-0.15, -0.1) is 11.3 Å². The molecule has 0 N–H and O–H groups in total. The summed E-state index contributed by atoms with van der Waals surface area (Å²) in [6.07, 6.45) is 6.36. The van der Waals surface area contributed by atoms with Gasteiger partial charge in [0.1, 0.15) is 16.2 Å². The van der Waals surface area contributed by atoms with Gasteiger partial charge in [-0.3, -0.25) is 4.79 Å². The lowest BCUT2D eigenvalue weighted by Crippen LogP contribution is -2.14. The van der Waals surface area contributed by atoms with Gasteiger partial charge in [0.05, 0.1) is 18.4 Å². The second kappa shape index (κ2) is 8.58. The van der Waals surface area contributed by atoms with E-state index in [1.807, 2.05) is 13.0 Å². The molecule has 0 spiro atoms. The van der Waals surface area contributed by atoms with E-state index in [-0.39, 0.29) is 11.8 Å². The number of fused-ring (bicyclic) bond motifs is 3. The standard InChI is InChI=1S/C22H27N3O2S2/c1-13-9-17(15(3)25(13)14(2)10-27-4)18(26)11-28-21-20-16-7-5-6-8-19(16)29-22(20)24-12-23-21/h9,12,14H,5-8,10-11H2,1-4H3. The predicted octanol–water partition coefficient (Wildman–Crippen LogP) is 5.17. The Balaban J connectivity index is 1.57. The minimum Gasteiger partial charge on any atom is -0.383 e. The SMILES string of the molecule is COCC(C)n1c(C)cc(C(=O)CSc2ncnc3sc4c(c23)CCCC4)c1C. The highest BCUT2D eigenvalue weighted by Crippen LogP contribution is 2.39. The van der Waals surface area contributed by atoms with Gasteiger partial charge in [-0.25, -0.2) is 9.97 Å². The average molecular weight is 430 g/mol. The highest BCUT2D eigenvalue weighted by Gasteiger charge is 2.22. The molecule has 3 aromatic rings. The van der Waals surface area contributed by atoms with Gasteiger partial charge in [-0.2, -0.15) is 0 Å². The molecule has 3 heterocycles. The van der Waals surface area contributed by atoms with Crippen molar-refractivity contribution in [2.75, 3.05) is 19.5 Å². The Kier molecular flexibility index (Phi) is 6.08. The van der Waals surface area contributed by atoms with Gasteiger partial charge in [-0.1, -0.05) is 11.8 Å². The van der Waals surface area contributed by atoms with Gasteiger partial charge in [0.2, 0.25) is 0 Å². The van der Waals surface area contributed by atoms with Crippen molar-refractivity contribution in [3.05, 3.63) is 39.8 Å². The molecule has 0 radical (unpaired) electrons. The Morgan fingerprint density at radius 1 is 1.31 bits per heavy atom. The molecule has 7 heteroatoms. The van der Waals surface area contributed by atoms with Crippen LogP contribution in [0.1, 0.15) is 58.0 Å². The molecule has 1 aliphatic rings. The van der Waals surface area contributed by atoms with Crippen molar-refractivity contribution in [1.29, 1.82) is 0 Å². The number of thiophene rings is 1. The van der Waals surface area contributed by atoms with Crippen LogP contribution in [0.3, 0.4) is 0 Å². The quantitative estimate of drug-likeness (QED) is 0.295. The first-order valence-corrected chi connectivity index (χ1v) is 11.9. The monoisotopic (exact) mass is 429 g/mol. The van der Waals surface area contributed by atoms with Gasteiger partial charge in [0, 0.05) is 34.3 Å². The summed E-state index contributed by atoms with van der Waals surface area (Å²) in [5.41, 5.74) is 4.32. The maximum atomic E-state index is 13.0. The van der Waals surface area contributed by atoms with Gasteiger partial charge in [0.15, 0.2) is 5.78 Å². The summed E-state index contributed by atoms with van der Waals surface area (Å²) in [6, 6.07) is 2.21. The van der Waals surface area contributed by atoms with Crippen LogP contribution in [0.25, 0.3) is 10.2 Å². The highest BCUT2D eigenvalue weighted by molar-refractivity contribution is 8.00. The largest absolute Gasteiger partial charge is 0.383 e. The number of carbonyl (C=O) groups excluding carboxylic acids is 1. The first-order valence-electron chi connectivity index (χ1n) is 10.1. The fraction of sp³-hybridized carbons (Fsp3) is 0.500. The number of thioether (sulfide) groups is 1. The molecular formula is C22H27N3O2S2. The van der Waals surface area contributed by atoms with Crippen LogP contribution in [0, 0.1) is 13.8 Å². The first-order chi connectivity index (χ1) is 14.0. The van der Waals surface area contributed by atoms with Gasteiger partial charge in [-0.05, 0) is 58.1 Å². The molecule has 1 aliphatic carbocycles. The molecule has 1 unspecified atom stereocenters. The summed E-state index contributed by atoms with van der Waals surface area (Å²) in [5.74, 6) is 0.537. The lowest BCUT2D eigenvalue weighted by atomic mass is 9.97. The summed E-state index contributed by atoms with van der Waals surface area (Å²) in [7, 11) is 1.71. The molecule has 1 atom stereocenters. The van der Waals surface area contributed by atoms with Crippen LogP contribution in [-0.2, 0) is 17.6 Å². The Morgan fingerprint density at radius 2 is 2.10 bits per heavy atom. The smallest absolute Gasteiger partial charge is 0.174 e. The molecule has 0 fully saturated rings. The maximum Gasteiger partial charge on any atom is 0.174 e. The number of ether oxygens (including phenoxy) is 1. The number of aromatic nitrogens is 3. The Labute approximate surface area is 179 Å². The maximum absolute atomic E-state index is 13.0. The number of carbonyl (C=O) groups is 1. The van der Waals surface area contributed by atoms with Crippen molar-refractivity contribution in [2.45, 2.75) is 57.5 Å². The summed E-state index contributed by atoms with van der Waals surface area (Å²) in [4.78, 5) is 24.6. The van der Waals surface area contributed by atoms with Crippen LogP contribution in [-0.4, -0.2) is 39.8 Å². The van der Waals surface area contributed by atoms with Crippen molar-refractivity contribution in [2.24, 2.45) is 0 Å². The molecule has 0 saturated heterocycles. The second-order valence-corrected chi connectivity index (χ2v) is 9.79. The number of hydrogen-bond donors (Lipinski definition) is 0. The van der Waals surface area contributed by atoms with E-state index >= 15 is 0 Å². The van der Waals surface area contributed by atoms with Crippen molar-refractivity contribution >= 4 is 39.1 Å². The lowest BCUT2D eigenvalue weighted by molar-refractivity contribution is 0.102. The number of nitrogens with zero attached hydrogens (tertiary/aromatic N) is 3. The molecule has 3 aromatic heterocycles. The third kappa shape index (κ3) is 3.88. The highest BCUT2D eigenvalue weighted by atomic mass is 32.2. The van der Waals surface area contributed by atoms with Gasteiger partial charge in [0.25, 0.3) is 0 Å². The van der Waals surface area contributed by atoms with E-state index in [2.05, 4.69) is 28.4 Å². The van der Waals surface area contributed by atoms with E-state index in [0.717, 1.165) is 39.6 Å². The summed E-state index contributed by atoms with van der Waals surface area (Å²) in [5, 5.41) is 2.13. The van der Waals surface area contributed by atoms with E-state index in [1.54, 1.807) is 36.5 Å². The summed E-state index contributed by atoms with van der Waals surface area (Å²) in [6.45, 7) is 6.81. The van der Waals surface area contributed by atoms with Gasteiger partial charge < -0.3 is 9.30 Å². The van der Waals surface area contributed by atoms with Crippen LogP contribution in [0.2, 0.25) is 0 Å². The molecule has 29 heavy (non-hydrogen) atoms. The molecule has 0 saturated carbocycles. The van der Waals surface area contributed by atoms with Crippen molar-refractivity contribution in [3.8, 4) is 0 Å². The Bertz CT molecular complexity index is 1050. The number of Topliss-reactive ketones (excluding diaryl/α,β-unsaturated/α-hetero) is 1. The number of hydrogen-bond acceptors (Lipinski definition) is 6. The molecule has 154 valence electrons. The van der Waals surface area contributed by atoms with Crippen molar-refractivity contribution in [3.63, 3.8) is 0 Å². The molecule has 0 amide bonds. The predicted molar refractivity (Wildman–Crippen MR) is 120 cm³/mol. The van der Waals surface area contributed by atoms with Crippen LogP contribution < -0.4 is 0 Å². The lowest BCUT2D eigenvalue weighted by Gasteiger charge is -2.17. The molecule has 0 aliphatic heterocycles. The third-order valence-corrected chi connectivity index (χ3v) is 7.88. The van der Waals surface area contributed by atoms with Crippen molar-refractivity contribution in [1.82, 2.24) is 14.5 Å². The normalized spacial score (nSPS) is 14.9. The fourth-order valence-corrected chi connectivity index (χ4v) is 6.64. The zero-order valence-corrected chi connectivity index (χ0v) is 19.1. The topological polar surface area (TPSA) is 57.0 Å². The van der Waals surface area contributed by atoms with E-state index in [4.69, 9.17) is 4.74 Å². The Morgan fingerprint density at radius 3 is 2.90 bits per heavy atom. The van der Waals surface area contributed by atoms with Crippen LogP contribution in [0.15, 0.2) is 17.4 Å². The second-order valence-electron chi connectivity index (χ2n) is 7.74. The van der Waals surface area contributed by atoms with Crippen LogP contribution in [0.5, 0.6) is 0 Å². The zero-order chi connectivity index (χ0) is 20.5. The minimum absolute atomic E-state index is 0.148. The number of aryl methyl sites for hydroxylation is 3. The van der Waals surface area contributed by atoms with E-state index in [9.17, 15) is 4.79 Å². The van der Waals surface area contributed by atoms with E-state index in [1.165, 1.54) is 28.7 Å². The average Bonchev–Trinajstić information content (AvgIpc) is 3.23. The number of methoxy groups -OCH3 is 1. The first kappa shape index (κ1) is 20.6. The number of rotatable bonds is 7. The van der Waals surface area contributed by atoms with Crippen LogP contribution in [0.4, 0.5) is 0 Å². The summed E-state index contributed by atoms with van der Waals surface area (Å²) < 4.78 is 7.49. The van der Waals surface area contributed by atoms with Crippen LogP contribution >= 0.6 is 23.1 Å². The minimum atomic E-state index is 0.148. The molecule has 0 bridgehead atoms.